The molecule has 0 heterocycles. The lowest BCUT2D eigenvalue weighted by Crippen LogP contribution is -2.49. The second-order valence-electron chi connectivity index (χ2n) is 7.57. The summed E-state index contributed by atoms with van der Waals surface area (Å²) in [6, 6.07) is 14.5. The van der Waals surface area contributed by atoms with Crippen molar-refractivity contribution in [2.24, 2.45) is 0 Å². The van der Waals surface area contributed by atoms with E-state index in [1.54, 1.807) is 64.2 Å². The van der Waals surface area contributed by atoms with Crippen LogP contribution in [-0.4, -0.2) is 43.0 Å². The summed E-state index contributed by atoms with van der Waals surface area (Å²) >= 11 is 0. The molecule has 0 spiro atoms. The minimum absolute atomic E-state index is 0.0252. The lowest BCUT2D eigenvalue weighted by Gasteiger charge is -2.20. The smallest absolute Gasteiger partial charge is 0.339 e. The van der Waals surface area contributed by atoms with E-state index < -0.39 is 36.0 Å². The monoisotopic (exact) mass is 411 g/mol. The highest BCUT2D eigenvalue weighted by molar-refractivity contribution is 6.12. The zero-order valence-corrected chi connectivity index (χ0v) is 17.4. The molecule has 0 saturated carbocycles. The summed E-state index contributed by atoms with van der Waals surface area (Å²) in [4.78, 5) is 50.3. The molecular weight excluding hydrogens is 386 g/mol. The van der Waals surface area contributed by atoms with Gasteiger partial charge in [-0.2, -0.15) is 0 Å². The molecule has 0 bridgehead atoms. The average molecular weight is 411 g/mol. The summed E-state index contributed by atoms with van der Waals surface area (Å²) in [6.07, 6.45) is 0. The van der Waals surface area contributed by atoms with E-state index in [1.165, 1.54) is 17.0 Å². The molecule has 4 amide bonds. The second-order valence-corrected chi connectivity index (χ2v) is 7.57. The maximum Gasteiger partial charge on any atom is 0.339 e. The Balaban J connectivity index is 2.04. The molecule has 0 aliphatic carbocycles. The van der Waals surface area contributed by atoms with Gasteiger partial charge in [-0.05, 0) is 45.0 Å². The molecule has 158 valence electrons. The standard InChI is InChI=1S/C22H25N3O5/c1-22(2,3)24-21(29)23-18(26)14-30-20(28)17-13-9-8-12-16(17)19(27)25(4)15-10-6-5-7-11-15/h5-13H,14H2,1-4H3,(H2,23,24,26,29). The number of carbonyl (C=O) groups is 4. The molecular formula is C22H25N3O5. The predicted octanol–water partition coefficient (Wildman–Crippen LogP) is 2.74. The molecule has 8 heteroatoms. The number of nitrogens with one attached hydrogen (secondary N) is 2. The number of rotatable bonds is 5. The van der Waals surface area contributed by atoms with E-state index in [1.807, 2.05) is 6.07 Å². The molecule has 0 saturated heterocycles. The fourth-order valence-corrected chi connectivity index (χ4v) is 2.54. The molecule has 2 aromatic carbocycles. The van der Waals surface area contributed by atoms with Gasteiger partial charge in [0.2, 0.25) is 0 Å². The highest BCUT2D eigenvalue weighted by Gasteiger charge is 2.22. The Morgan fingerprint density at radius 2 is 1.47 bits per heavy atom. The summed E-state index contributed by atoms with van der Waals surface area (Å²) in [6.45, 7) is 4.62. The average Bonchev–Trinajstić information content (AvgIpc) is 2.70. The Hall–Kier alpha value is -3.68. The van der Waals surface area contributed by atoms with E-state index >= 15 is 0 Å². The number of anilines is 1. The van der Waals surface area contributed by atoms with Crippen LogP contribution in [0, 0.1) is 0 Å². The molecule has 8 nitrogen and oxygen atoms in total. The van der Waals surface area contributed by atoms with Gasteiger partial charge in [-0.25, -0.2) is 9.59 Å². The SMILES string of the molecule is CN(C(=O)c1ccccc1C(=O)OCC(=O)NC(=O)NC(C)(C)C)c1ccccc1. The third-order valence-corrected chi connectivity index (χ3v) is 3.90. The van der Waals surface area contributed by atoms with Crippen LogP contribution in [0.25, 0.3) is 0 Å². The Morgan fingerprint density at radius 3 is 2.07 bits per heavy atom. The topological polar surface area (TPSA) is 105 Å². The molecule has 30 heavy (non-hydrogen) atoms. The van der Waals surface area contributed by atoms with Gasteiger partial charge in [-0.3, -0.25) is 14.9 Å². The van der Waals surface area contributed by atoms with Gasteiger partial charge in [-0.15, -0.1) is 0 Å². The normalized spacial score (nSPS) is 10.7. The van der Waals surface area contributed by atoms with Crippen LogP contribution >= 0.6 is 0 Å². The van der Waals surface area contributed by atoms with Crippen molar-refractivity contribution >= 4 is 29.5 Å². The van der Waals surface area contributed by atoms with Crippen molar-refractivity contribution in [2.75, 3.05) is 18.6 Å². The molecule has 0 aromatic heterocycles. The molecule has 2 aromatic rings. The minimum atomic E-state index is -0.841. The Kier molecular flexibility index (Phi) is 7.30. The number of imide groups is 1. The van der Waals surface area contributed by atoms with Crippen LogP contribution in [0.4, 0.5) is 10.5 Å². The fourth-order valence-electron chi connectivity index (χ4n) is 2.54. The van der Waals surface area contributed by atoms with Crippen molar-refractivity contribution in [1.82, 2.24) is 10.6 Å². The predicted molar refractivity (Wildman–Crippen MR) is 112 cm³/mol. The lowest BCUT2D eigenvalue weighted by atomic mass is 10.1. The number of benzene rings is 2. The first-order valence-corrected chi connectivity index (χ1v) is 9.30. The summed E-state index contributed by atoms with van der Waals surface area (Å²) < 4.78 is 5.00. The highest BCUT2D eigenvalue weighted by atomic mass is 16.5. The summed E-state index contributed by atoms with van der Waals surface area (Å²) in [5.74, 6) is -2.02. The van der Waals surface area contributed by atoms with Gasteiger partial charge in [0, 0.05) is 18.3 Å². The van der Waals surface area contributed by atoms with E-state index in [0.717, 1.165) is 0 Å². The van der Waals surface area contributed by atoms with E-state index in [2.05, 4.69) is 10.6 Å². The van der Waals surface area contributed by atoms with Crippen molar-refractivity contribution in [3.63, 3.8) is 0 Å². The number of esters is 1. The maximum atomic E-state index is 12.9. The van der Waals surface area contributed by atoms with Crippen LogP contribution in [-0.2, 0) is 9.53 Å². The van der Waals surface area contributed by atoms with Gasteiger partial charge >= 0.3 is 12.0 Å². The maximum absolute atomic E-state index is 12.9. The number of carbonyl (C=O) groups excluding carboxylic acids is 4. The first-order chi connectivity index (χ1) is 14.1. The van der Waals surface area contributed by atoms with Crippen LogP contribution in [0.15, 0.2) is 54.6 Å². The molecule has 0 fully saturated rings. The molecule has 0 aliphatic heterocycles. The first kappa shape index (κ1) is 22.6. The lowest BCUT2D eigenvalue weighted by molar-refractivity contribution is -0.123. The van der Waals surface area contributed by atoms with Crippen molar-refractivity contribution < 1.29 is 23.9 Å². The van der Waals surface area contributed by atoms with Crippen LogP contribution in [0.2, 0.25) is 0 Å². The summed E-state index contributed by atoms with van der Waals surface area (Å²) in [5.41, 5.74) is 0.303. The Labute approximate surface area is 175 Å². The van der Waals surface area contributed by atoms with E-state index in [0.29, 0.717) is 5.69 Å². The van der Waals surface area contributed by atoms with Crippen molar-refractivity contribution in [3.05, 3.63) is 65.7 Å². The Morgan fingerprint density at radius 1 is 0.900 bits per heavy atom. The molecule has 0 unspecified atom stereocenters. The van der Waals surface area contributed by atoms with Crippen LogP contribution in [0.3, 0.4) is 0 Å². The van der Waals surface area contributed by atoms with E-state index in [-0.39, 0.29) is 11.1 Å². The second kappa shape index (κ2) is 9.69. The van der Waals surface area contributed by atoms with Gasteiger partial charge in [0.25, 0.3) is 11.8 Å². The quantitative estimate of drug-likeness (QED) is 0.736. The van der Waals surface area contributed by atoms with Gasteiger partial charge in [0.15, 0.2) is 6.61 Å². The number of hydrogen-bond acceptors (Lipinski definition) is 5. The fraction of sp³-hybridized carbons (Fsp3) is 0.273. The van der Waals surface area contributed by atoms with Crippen LogP contribution < -0.4 is 15.5 Å². The number of urea groups is 1. The zero-order chi connectivity index (χ0) is 22.3. The molecule has 2 rings (SSSR count). The van der Waals surface area contributed by atoms with Gasteiger partial charge < -0.3 is 15.0 Å². The van der Waals surface area contributed by atoms with Crippen molar-refractivity contribution in [2.45, 2.75) is 26.3 Å². The van der Waals surface area contributed by atoms with E-state index in [4.69, 9.17) is 4.74 Å². The van der Waals surface area contributed by atoms with Gasteiger partial charge in [-0.1, -0.05) is 30.3 Å². The molecule has 0 atom stereocenters. The third kappa shape index (κ3) is 6.44. The highest BCUT2D eigenvalue weighted by Crippen LogP contribution is 2.18. The Bertz CT molecular complexity index is 935. The van der Waals surface area contributed by atoms with E-state index in [9.17, 15) is 19.2 Å². The van der Waals surface area contributed by atoms with Gasteiger partial charge in [0.05, 0.1) is 11.1 Å². The number of ether oxygens (including phenoxy) is 1. The molecule has 0 aliphatic rings. The minimum Gasteiger partial charge on any atom is -0.452 e. The van der Waals surface area contributed by atoms with Crippen LogP contribution in [0.5, 0.6) is 0 Å². The van der Waals surface area contributed by atoms with Crippen LogP contribution in [0.1, 0.15) is 41.5 Å². The number of hydrogen-bond donors (Lipinski definition) is 2. The van der Waals surface area contributed by atoms with Crippen molar-refractivity contribution in [3.8, 4) is 0 Å². The molecule has 0 radical (unpaired) electrons. The summed E-state index contributed by atoms with van der Waals surface area (Å²) in [5, 5.41) is 4.64. The number of para-hydroxylation sites is 1. The third-order valence-electron chi connectivity index (χ3n) is 3.90. The first-order valence-electron chi connectivity index (χ1n) is 9.30. The number of nitrogens with zero attached hydrogens (tertiary/aromatic N) is 1. The zero-order valence-electron chi connectivity index (χ0n) is 17.4. The van der Waals surface area contributed by atoms with Gasteiger partial charge in [0.1, 0.15) is 0 Å². The summed E-state index contributed by atoms with van der Waals surface area (Å²) in [7, 11) is 1.60. The van der Waals surface area contributed by atoms with Crippen molar-refractivity contribution in [1.29, 1.82) is 0 Å². The molecule has 2 N–H and O–H groups in total. The number of amides is 4. The largest absolute Gasteiger partial charge is 0.452 e.